The Bertz CT molecular complexity index is 236. The monoisotopic (exact) mass is 210 g/mol. The molecule has 1 aliphatic rings. The molecule has 0 nitrogen and oxygen atoms in total. The molecule has 0 aromatic heterocycles. The fourth-order valence-corrected chi connectivity index (χ4v) is 2.48. The predicted molar refractivity (Wildman–Crippen MR) is 65.0 cm³/mol. The zero-order valence-corrected chi connectivity index (χ0v) is 9.41. The van der Waals surface area contributed by atoms with Crippen LogP contribution in [0.15, 0.2) is 41.8 Å². The smallest absolute Gasteiger partial charge is 0.0229 e. The third-order valence-corrected chi connectivity index (χ3v) is 3.55. The molecule has 0 unspecified atom stereocenters. The zero-order valence-electron chi connectivity index (χ0n) is 7.77. The summed E-state index contributed by atoms with van der Waals surface area (Å²) >= 11 is 0. The van der Waals surface area contributed by atoms with E-state index in [1.807, 2.05) is 27.7 Å². The van der Waals surface area contributed by atoms with E-state index in [4.69, 9.17) is 0 Å². The lowest BCUT2D eigenvalue weighted by Gasteiger charge is -1.89. The first-order valence-electron chi connectivity index (χ1n) is 4.40. The minimum absolute atomic E-state index is 1.14. The van der Waals surface area contributed by atoms with Crippen LogP contribution in [0.25, 0.3) is 0 Å². The highest BCUT2D eigenvalue weighted by molar-refractivity contribution is 8.78. The Labute approximate surface area is 88.2 Å². The quantitative estimate of drug-likeness (QED) is 0.639. The van der Waals surface area contributed by atoms with E-state index in [2.05, 4.69) is 42.7 Å². The molecule has 0 spiro atoms. The molecule has 0 atom stereocenters. The van der Waals surface area contributed by atoms with Crippen LogP contribution in [0.5, 0.6) is 0 Å². The Morgan fingerprint density at radius 1 is 1.23 bits per heavy atom. The number of rotatable bonds is 1. The summed E-state index contributed by atoms with van der Waals surface area (Å²) < 4.78 is 0. The molecule has 1 heterocycles. The van der Waals surface area contributed by atoms with E-state index in [1.54, 1.807) is 0 Å². The second kappa shape index (κ2) is 7.10. The van der Waals surface area contributed by atoms with Crippen molar-refractivity contribution in [1.29, 1.82) is 0 Å². The molecule has 0 saturated carbocycles. The highest BCUT2D eigenvalue weighted by Gasteiger charge is 1.86. The van der Waals surface area contributed by atoms with Crippen LogP contribution in [0.2, 0.25) is 0 Å². The minimum Gasteiger partial charge on any atom is -0.0854 e. The third-order valence-electron chi connectivity index (χ3n) is 1.64. The maximum atomic E-state index is 2.16. The van der Waals surface area contributed by atoms with Crippen LogP contribution in [0.4, 0.5) is 0 Å². The number of benzene rings is 1. The van der Waals surface area contributed by atoms with E-state index in [9.17, 15) is 0 Å². The van der Waals surface area contributed by atoms with Crippen LogP contribution < -0.4 is 0 Å². The Kier molecular flexibility index (Phi) is 5.87. The second-order valence-electron chi connectivity index (χ2n) is 2.59. The van der Waals surface area contributed by atoms with Gasteiger partial charge in [-0.3, -0.25) is 0 Å². The summed E-state index contributed by atoms with van der Waals surface area (Å²) in [5, 5.41) is 2.12. The van der Waals surface area contributed by atoms with Gasteiger partial charge in [-0.1, -0.05) is 64.9 Å². The standard InChI is InChI=1S/C8H10.C3H4S2/c1-2-8-6-4-3-5-7-8;1-2-4-5-3-1/h3-7H,2H2,1H3;1-2H,3H2. The van der Waals surface area contributed by atoms with Crippen LogP contribution in [-0.4, -0.2) is 5.75 Å². The fraction of sp³-hybridized carbons (Fsp3) is 0.273. The summed E-state index contributed by atoms with van der Waals surface area (Å²) in [7, 11) is 3.69. The zero-order chi connectivity index (χ0) is 9.36. The van der Waals surface area contributed by atoms with Gasteiger partial charge >= 0.3 is 0 Å². The van der Waals surface area contributed by atoms with Crippen molar-refractivity contribution in [1.82, 2.24) is 0 Å². The van der Waals surface area contributed by atoms with Crippen molar-refractivity contribution in [3.63, 3.8) is 0 Å². The summed E-state index contributed by atoms with van der Waals surface area (Å²) in [4.78, 5) is 0. The van der Waals surface area contributed by atoms with Gasteiger partial charge in [0.15, 0.2) is 0 Å². The van der Waals surface area contributed by atoms with Gasteiger partial charge in [-0.15, -0.1) is 0 Å². The van der Waals surface area contributed by atoms with Crippen molar-refractivity contribution in [2.24, 2.45) is 0 Å². The van der Waals surface area contributed by atoms with Gasteiger partial charge in [0.2, 0.25) is 0 Å². The van der Waals surface area contributed by atoms with E-state index < -0.39 is 0 Å². The number of hydrogen-bond donors (Lipinski definition) is 0. The van der Waals surface area contributed by atoms with Crippen molar-refractivity contribution >= 4 is 21.6 Å². The summed E-state index contributed by atoms with van der Waals surface area (Å²) in [6.45, 7) is 2.16. The first-order chi connectivity index (χ1) is 6.43. The molecule has 0 N–H and O–H groups in total. The van der Waals surface area contributed by atoms with Crippen molar-refractivity contribution in [3.05, 3.63) is 47.4 Å². The third kappa shape index (κ3) is 5.06. The van der Waals surface area contributed by atoms with Crippen molar-refractivity contribution in [3.8, 4) is 0 Å². The molecule has 0 bridgehead atoms. The van der Waals surface area contributed by atoms with E-state index in [0.29, 0.717) is 0 Å². The molecular weight excluding hydrogens is 196 g/mol. The molecule has 70 valence electrons. The molecule has 0 fully saturated rings. The molecule has 1 aromatic carbocycles. The first-order valence-corrected chi connectivity index (χ1v) is 6.79. The van der Waals surface area contributed by atoms with E-state index >= 15 is 0 Å². The van der Waals surface area contributed by atoms with Gasteiger partial charge in [0.25, 0.3) is 0 Å². The largest absolute Gasteiger partial charge is 0.0854 e. The topological polar surface area (TPSA) is 0 Å². The summed E-state index contributed by atoms with van der Waals surface area (Å²) in [5.74, 6) is 1.20. The Morgan fingerprint density at radius 3 is 2.31 bits per heavy atom. The maximum Gasteiger partial charge on any atom is 0.0229 e. The van der Waals surface area contributed by atoms with Gasteiger partial charge in [0.05, 0.1) is 0 Å². The highest BCUT2D eigenvalue weighted by atomic mass is 33.1. The predicted octanol–water partition coefficient (Wildman–Crippen LogP) is 4.14. The normalized spacial score (nSPS) is 13.6. The molecule has 2 heteroatoms. The summed E-state index contributed by atoms with van der Waals surface area (Å²) in [5.41, 5.74) is 1.41. The van der Waals surface area contributed by atoms with E-state index in [1.165, 1.54) is 11.3 Å². The molecule has 1 aliphatic heterocycles. The lowest BCUT2D eigenvalue weighted by molar-refractivity contribution is 1.14. The van der Waals surface area contributed by atoms with Gasteiger partial charge in [-0.05, 0) is 17.4 Å². The molecule has 1 aromatic rings. The highest BCUT2D eigenvalue weighted by Crippen LogP contribution is 2.27. The first kappa shape index (κ1) is 10.7. The molecule has 13 heavy (non-hydrogen) atoms. The lowest BCUT2D eigenvalue weighted by atomic mass is 10.2. The molecular formula is C11H14S2. The molecule has 2 rings (SSSR count). The van der Waals surface area contributed by atoms with Gasteiger partial charge in [-0.25, -0.2) is 0 Å². The summed E-state index contributed by atoms with van der Waals surface area (Å²) in [6.07, 6.45) is 3.30. The number of hydrogen-bond acceptors (Lipinski definition) is 2. The average Bonchev–Trinajstić information content (AvgIpc) is 2.77. The van der Waals surface area contributed by atoms with Crippen LogP contribution in [0.3, 0.4) is 0 Å². The Hall–Kier alpha value is -0.340. The minimum atomic E-state index is 1.14. The van der Waals surface area contributed by atoms with Crippen LogP contribution in [0.1, 0.15) is 12.5 Å². The average molecular weight is 210 g/mol. The molecule has 0 amide bonds. The lowest BCUT2D eigenvalue weighted by Crippen LogP contribution is -1.73. The van der Waals surface area contributed by atoms with Gasteiger partial charge in [0.1, 0.15) is 0 Å². The second-order valence-corrected chi connectivity index (χ2v) is 4.91. The Balaban J connectivity index is 0.000000145. The maximum absolute atomic E-state index is 2.16. The Morgan fingerprint density at radius 2 is 2.00 bits per heavy atom. The van der Waals surface area contributed by atoms with Gasteiger partial charge in [-0.2, -0.15) is 0 Å². The van der Waals surface area contributed by atoms with Crippen LogP contribution >= 0.6 is 21.6 Å². The van der Waals surface area contributed by atoms with Crippen LogP contribution in [-0.2, 0) is 6.42 Å². The molecule has 0 saturated heterocycles. The van der Waals surface area contributed by atoms with Crippen molar-refractivity contribution in [2.45, 2.75) is 13.3 Å². The molecule has 0 aliphatic carbocycles. The SMILES string of the molecule is C1=CSSC1.CCc1ccccc1. The van der Waals surface area contributed by atoms with Crippen LogP contribution in [0, 0.1) is 0 Å². The molecule has 0 radical (unpaired) electrons. The van der Waals surface area contributed by atoms with E-state index in [-0.39, 0.29) is 0 Å². The van der Waals surface area contributed by atoms with Gasteiger partial charge < -0.3 is 0 Å². The number of aryl methyl sites for hydroxylation is 1. The fourth-order valence-electron chi connectivity index (χ4n) is 0.910. The van der Waals surface area contributed by atoms with Crippen molar-refractivity contribution in [2.75, 3.05) is 5.75 Å². The van der Waals surface area contributed by atoms with E-state index in [0.717, 1.165) is 6.42 Å². The summed E-state index contributed by atoms with van der Waals surface area (Å²) in [6, 6.07) is 10.5. The van der Waals surface area contributed by atoms with Crippen molar-refractivity contribution < 1.29 is 0 Å². The van der Waals surface area contributed by atoms with Gasteiger partial charge in [0, 0.05) is 5.75 Å².